The second-order valence-corrected chi connectivity index (χ2v) is 4.58. The van der Waals surface area contributed by atoms with Crippen LogP contribution in [0.1, 0.15) is 16.1 Å². The molecule has 94 valence electrons. The van der Waals surface area contributed by atoms with Crippen LogP contribution in [-0.2, 0) is 13.5 Å². The fourth-order valence-corrected chi connectivity index (χ4v) is 2.17. The highest BCUT2D eigenvalue weighted by Gasteiger charge is 2.19. The average molecular weight is 287 g/mol. The van der Waals surface area contributed by atoms with Gasteiger partial charge in [-0.3, -0.25) is 9.48 Å². The molecule has 6 heteroatoms. The number of halogens is 3. The quantitative estimate of drug-likeness (QED) is 0.812. The lowest BCUT2D eigenvalue weighted by atomic mass is 10.1. The summed E-state index contributed by atoms with van der Waals surface area (Å²) < 4.78 is 14.9. The van der Waals surface area contributed by atoms with E-state index in [0.717, 1.165) is 0 Å². The summed E-state index contributed by atoms with van der Waals surface area (Å²) in [6, 6.07) is 4.29. The Morgan fingerprint density at radius 3 is 2.67 bits per heavy atom. The molecule has 0 fully saturated rings. The predicted molar refractivity (Wildman–Crippen MR) is 67.7 cm³/mol. The fraction of sp³-hybridized carbons (Fsp3) is 0.167. The van der Waals surface area contributed by atoms with E-state index >= 15 is 0 Å². The van der Waals surface area contributed by atoms with Crippen molar-refractivity contribution < 1.29 is 9.18 Å². The zero-order chi connectivity index (χ0) is 13.3. The summed E-state index contributed by atoms with van der Waals surface area (Å²) in [5, 5.41) is 4.33. The lowest BCUT2D eigenvalue weighted by Gasteiger charge is -2.06. The molecule has 0 bridgehead atoms. The Labute approximate surface area is 113 Å². The van der Waals surface area contributed by atoms with Gasteiger partial charge in [-0.25, -0.2) is 4.39 Å². The van der Waals surface area contributed by atoms with E-state index in [1.165, 1.54) is 29.1 Å². The van der Waals surface area contributed by atoms with Gasteiger partial charge in [0.25, 0.3) is 0 Å². The third-order valence-electron chi connectivity index (χ3n) is 2.56. The van der Waals surface area contributed by atoms with E-state index < -0.39 is 5.82 Å². The van der Waals surface area contributed by atoms with Gasteiger partial charge < -0.3 is 0 Å². The molecule has 0 saturated heterocycles. The summed E-state index contributed by atoms with van der Waals surface area (Å²) >= 11 is 11.7. The maximum Gasteiger partial charge on any atom is 0.186 e. The van der Waals surface area contributed by atoms with Crippen molar-refractivity contribution in [2.45, 2.75) is 6.42 Å². The third-order valence-corrected chi connectivity index (χ3v) is 3.19. The van der Waals surface area contributed by atoms with Crippen molar-refractivity contribution in [1.29, 1.82) is 0 Å². The SMILES string of the molecule is Cn1ncc(Cl)c1C(=O)Cc1c(F)cccc1Cl. The van der Waals surface area contributed by atoms with Gasteiger partial charge in [0.05, 0.1) is 11.2 Å². The van der Waals surface area contributed by atoms with Crippen LogP contribution in [0, 0.1) is 5.82 Å². The van der Waals surface area contributed by atoms with Crippen molar-refractivity contribution >= 4 is 29.0 Å². The van der Waals surface area contributed by atoms with E-state index in [2.05, 4.69) is 5.10 Å². The first kappa shape index (κ1) is 13.1. The second kappa shape index (κ2) is 5.08. The summed E-state index contributed by atoms with van der Waals surface area (Å²) in [5.74, 6) is -0.832. The topological polar surface area (TPSA) is 34.9 Å². The molecule has 2 aromatic rings. The molecular formula is C12H9Cl2FN2O. The Morgan fingerprint density at radius 2 is 2.11 bits per heavy atom. The number of nitrogens with zero attached hydrogens (tertiary/aromatic N) is 2. The minimum Gasteiger partial charge on any atom is -0.292 e. The van der Waals surface area contributed by atoms with Gasteiger partial charge >= 0.3 is 0 Å². The minimum atomic E-state index is -0.505. The monoisotopic (exact) mass is 286 g/mol. The van der Waals surface area contributed by atoms with Crippen LogP contribution < -0.4 is 0 Å². The molecule has 0 unspecified atom stereocenters. The number of hydrogen-bond acceptors (Lipinski definition) is 2. The van der Waals surface area contributed by atoms with Crippen LogP contribution >= 0.6 is 23.2 Å². The van der Waals surface area contributed by atoms with Crippen LogP contribution in [0.25, 0.3) is 0 Å². The fourth-order valence-electron chi connectivity index (χ4n) is 1.67. The molecule has 3 nitrogen and oxygen atoms in total. The normalized spacial score (nSPS) is 10.7. The Morgan fingerprint density at radius 1 is 1.39 bits per heavy atom. The lowest BCUT2D eigenvalue weighted by Crippen LogP contribution is -2.11. The zero-order valence-electron chi connectivity index (χ0n) is 9.45. The van der Waals surface area contributed by atoms with E-state index in [1.54, 1.807) is 7.05 Å². The summed E-state index contributed by atoms with van der Waals surface area (Å²) in [6.07, 6.45) is 1.22. The number of rotatable bonds is 3. The van der Waals surface area contributed by atoms with Crippen molar-refractivity contribution in [3.8, 4) is 0 Å². The van der Waals surface area contributed by atoms with Crippen LogP contribution in [-0.4, -0.2) is 15.6 Å². The molecule has 0 aliphatic rings. The summed E-state index contributed by atoms with van der Waals surface area (Å²) in [6.45, 7) is 0. The molecule has 0 aliphatic heterocycles. The number of carbonyl (C=O) groups is 1. The molecule has 0 saturated carbocycles. The van der Waals surface area contributed by atoms with Crippen LogP contribution in [0.4, 0.5) is 4.39 Å². The van der Waals surface area contributed by atoms with Crippen LogP contribution in [0.15, 0.2) is 24.4 Å². The highest BCUT2D eigenvalue weighted by atomic mass is 35.5. The van der Waals surface area contributed by atoms with Gasteiger partial charge in [0.2, 0.25) is 0 Å². The van der Waals surface area contributed by atoms with E-state index in [4.69, 9.17) is 23.2 Å². The number of carbonyl (C=O) groups excluding carboxylic acids is 1. The van der Waals surface area contributed by atoms with Gasteiger partial charge in [-0.2, -0.15) is 5.10 Å². The summed E-state index contributed by atoms with van der Waals surface area (Å²) in [4.78, 5) is 12.1. The van der Waals surface area contributed by atoms with Crippen molar-refractivity contribution in [1.82, 2.24) is 9.78 Å². The van der Waals surface area contributed by atoms with Gasteiger partial charge in [0.1, 0.15) is 11.5 Å². The number of Topliss-reactive ketones (excluding diaryl/α,β-unsaturated/α-hetero) is 1. The van der Waals surface area contributed by atoms with Gasteiger partial charge in [-0.05, 0) is 12.1 Å². The van der Waals surface area contributed by atoms with Crippen molar-refractivity contribution in [3.63, 3.8) is 0 Å². The molecule has 18 heavy (non-hydrogen) atoms. The highest BCUT2D eigenvalue weighted by Crippen LogP contribution is 2.22. The average Bonchev–Trinajstić information content (AvgIpc) is 2.64. The molecule has 0 radical (unpaired) electrons. The molecule has 0 amide bonds. The predicted octanol–water partition coefficient (Wildman–Crippen LogP) is 3.29. The highest BCUT2D eigenvalue weighted by molar-refractivity contribution is 6.34. The number of aromatic nitrogens is 2. The van der Waals surface area contributed by atoms with Crippen LogP contribution in [0.3, 0.4) is 0 Å². The van der Waals surface area contributed by atoms with Gasteiger partial charge in [-0.15, -0.1) is 0 Å². The number of aryl methyl sites for hydroxylation is 1. The Balaban J connectivity index is 2.33. The van der Waals surface area contributed by atoms with Crippen molar-refractivity contribution in [3.05, 3.63) is 51.5 Å². The molecule has 0 atom stereocenters. The van der Waals surface area contributed by atoms with Gasteiger partial charge in [0.15, 0.2) is 5.78 Å². The molecule has 0 spiro atoms. The number of hydrogen-bond donors (Lipinski definition) is 0. The van der Waals surface area contributed by atoms with E-state index in [1.807, 2.05) is 0 Å². The summed E-state index contributed by atoms with van der Waals surface area (Å²) in [5.41, 5.74) is 0.414. The second-order valence-electron chi connectivity index (χ2n) is 3.76. The number of benzene rings is 1. The largest absolute Gasteiger partial charge is 0.292 e. The first-order chi connectivity index (χ1) is 8.50. The standard InChI is InChI=1S/C12H9Cl2FN2O/c1-17-12(9(14)6-16-17)11(18)5-7-8(13)3-2-4-10(7)15/h2-4,6H,5H2,1H3. The first-order valence-electron chi connectivity index (χ1n) is 5.14. The summed E-state index contributed by atoms with van der Waals surface area (Å²) in [7, 11) is 1.60. The number of ketones is 1. The van der Waals surface area contributed by atoms with Crippen LogP contribution in [0.2, 0.25) is 10.0 Å². The molecule has 0 N–H and O–H groups in total. The van der Waals surface area contributed by atoms with Gasteiger partial charge in [0, 0.05) is 24.1 Å². The third kappa shape index (κ3) is 2.40. The minimum absolute atomic E-state index is 0.148. The van der Waals surface area contributed by atoms with Crippen LogP contribution in [0.5, 0.6) is 0 Å². The van der Waals surface area contributed by atoms with E-state index in [9.17, 15) is 9.18 Å². The maximum atomic E-state index is 13.6. The smallest absolute Gasteiger partial charge is 0.186 e. The van der Waals surface area contributed by atoms with E-state index in [0.29, 0.717) is 0 Å². The molecular weight excluding hydrogens is 278 g/mol. The molecule has 0 aliphatic carbocycles. The van der Waals surface area contributed by atoms with Crippen molar-refractivity contribution in [2.75, 3.05) is 0 Å². The lowest BCUT2D eigenvalue weighted by molar-refractivity contribution is 0.0983. The zero-order valence-corrected chi connectivity index (χ0v) is 11.0. The van der Waals surface area contributed by atoms with Crippen molar-refractivity contribution in [2.24, 2.45) is 7.05 Å². The Kier molecular flexibility index (Phi) is 3.68. The molecule has 1 aromatic carbocycles. The van der Waals surface area contributed by atoms with Gasteiger partial charge in [-0.1, -0.05) is 29.3 Å². The molecule has 1 heterocycles. The first-order valence-corrected chi connectivity index (χ1v) is 5.90. The maximum absolute atomic E-state index is 13.6. The Bertz CT molecular complexity index is 570. The van der Waals surface area contributed by atoms with E-state index in [-0.39, 0.29) is 33.5 Å². The molecule has 1 aromatic heterocycles. The Hall–Kier alpha value is -1.39. The molecule has 2 rings (SSSR count).